The van der Waals surface area contributed by atoms with Gasteiger partial charge in [0, 0.05) is 25.1 Å². The summed E-state index contributed by atoms with van der Waals surface area (Å²) in [6.07, 6.45) is 2.49. The van der Waals surface area contributed by atoms with Crippen LogP contribution in [0.1, 0.15) is 31.2 Å². The lowest BCUT2D eigenvalue weighted by Crippen LogP contribution is -2.07. The van der Waals surface area contributed by atoms with E-state index in [2.05, 4.69) is 30.3 Å². The van der Waals surface area contributed by atoms with Gasteiger partial charge in [-0.25, -0.2) is 4.98 Å². The second kappa shape index (κ2) is 6.97. The molecule has 0 unspecified atom stereocenters. The molecule has 0 radical (unpaired) electrons. The fourth-order valence-electron chi connectivity index (χ4n) is 1.49. The summed E-state index contributed by atoms with van der Waals surface area (Å²) in [5, 5.41) is 1.14. The minimum atomic E-state index is 0.748. The third-order valence-corrected chi connectivity index (χ3v) is 3.73. The van der Waals surface area contributed by atoms with Crippen LogP contribution in [0, 0.1) is 13.8 Å². The van der Waals surface area contributed by atoms with Crippen LogP contribution in [0.25, 0.3) is 0 Å². The van der Waals surface area contributed by atoms with Crippen molar-refractivity contribution in [2.45, 2.75) is 45.3 Å². The normalized spacial score (nSPS) is 11.0. The average molecular weight is 242 g/mol. The quantitative estimate of drug-likeness (QED) is 0.543. The first-order valence-electron chi connectivity index (χ1n) is 5.86. The molecular weight excluding hydrogens is 220 g/mol. The van der Waals surface area contributed by atoms with E-state index in [-0.39, 0.29) is 0 Å². The summed E-state index contributed by atoms with van der Waals surface area (Å²) in [5.41, 5.74) is 2.39. The minimum absolute atomic E-state index is 0.748. The number of aromatic nitrogens is 2. The van der Waals surface area contributed by atoms with Crippen LogP contribution in [-0.2, 0) is 11.3 Å². The van der Waals surface area contributed by atoms with Crippen molar-refractivity contribution in [1.29, 1.82) is 0 Å². The van der Waals surface area contributed by atoms with Crippen LogP contribution in [-0.4, -0.2) is 29.0 Å². The van der Waals surface area contributed by atoms with Gasteiger partial charge in [-0.15, -0.1) is 0 Å². The van der Waals surface area contributed by atoms with Gasteiger partial charge < -0.3 is 9.30 Å². The van der Waals surface area contributed by atoms with Gasteiger partial charge in [0.25, 0.3) is 0 Å². The number of thioether (sulfide) groups is 1. The van der Waals surface area contributed by atoms with Crippen molar-refractivity contribution in [2.75, 3.05) is 19.5 Å². The average Bonchev–Trinajstić information content (AvgIpc) is 2.53. The second-order valence-electron chi connectivity index (χ2n) is 3.91. The maximum Gasteiger partial charge on any atom is 0.168 e. The van der Waals surface area contributed by atoms with Gasteiger partial charge in [-0.05, 0) is 20.3 Å². The van der Waals surface area contributed by atoms with Crippen LogP contribution >= 0.6 is 11.8 Å². The lowest BCUT2D eigenvalue weighted by atomic mass is 10.4. The first kappa shape index (κ1) is 13.6. The molecule has 0 atom stereocenters. The summed E-state index contributed by atoms with van der Waals surface area (Å²) < 4.78 is 7.40. The summed E-state index contributed by atoms with van der Waals surface area (Å²) in [6.45, 7) is 8.06. The fourth-order valence-corrected chi connectivity index (χ4v) is 2.69. The number of rotatable bonds is 7. The van der Waals surface area contributed by atoms with Gasteiger partial charge in [-0.3, -0.25) is 0 Å². The zero-order valence-electron chi connectivity index (χ0n) is 10.7. The topological polar surface area (TPSA) is 27.1 Å². The third kappa shape index (κ3) is 3.52. The highest BCUT2D eigenvalue weighted by atomic mass is 32.2. The number of unbranched alkanes of at least 4 members (excludes halogenated alkanes) is 1. The van der Waals surface area contributed by atoms with E-state index >= 15 is 0 Å². The maximum absolute atomic E-state index is 5.13. The van der Waals surface area contributed by atoms with Crippen molar-refractivity contribution in [2.24, 2.45) is 0 Å². The maximum atomic E-state index is 5.13. The lowest BCUT2D eigenvalue weighted by molar-refractivity contribution is 0.184. The summed E-state index contributed by atoms with van der Waals surface area (Å²) in [7, 11) is 1.74. The molecule has 0 N–H and O–H groups in total. The predicted molar refractivity (Wildman–Crippen MR) is 69.2 cm³/mol. The molecule has 0 amide bonds. The number of nitrogens with zero attached hydrogens (tertiary/aromatic N) is 2. The van der Waals surface area contributed by atoms with Gasteiger partial charge in [-0.1, -0.05) is 25.1 Å². The Labute approximate surface area is 103 Å². The van der Waals surface area contributed by atoms with Crippen molar-refractivity contribution in [3.63, 3.8) is 0 Å². The van der Waals surface area contributed by atoms with E-state index < -0.39 is 0 Å². The molecule has 0 saturated heterocycles. The Morgan fingerprint density at radius 2 is 2.12 bits per heavy atom. The molecule has 0 saturated carbocycles. The van der Waals surface area contributed by atoms with E-state index in [1.165, 1.54) is 18.5 Å². The molecule has 16 heavy (non-hydrogen) atoms. The van der Waals surface area contributed by atoms with E-state index in [1.807, 2.05) is 11.8 Å². The van der Waals surface area contributed by atoms with E-state index in [9.17, 15) is 0 Å². The molecule has 1 heterocycles. The first-order chi connectivity index (χ1) is 7.70. The smallest absolute Gasteiger partial charge is 0.168 e. The minimum Gasteiger partial charge on any atom is -0.383 e. The number of aryl methyl sites for hydroxylation is 1. The van der Waals surface area contributed by atoms with Crippen molar-refractivity contribution < 1.29 is 4.74 Å². The lowest BCUT2D eigenvalue weighted by Gasteiger charge is -2.08. The molecule has 0 bridgehead atoms. The van der Waals surface area contributed by atoms with Crippen LogP contribution in [0.5, 0.6) is 0 Å². The zero-order chi connectivity index (χ0) is 12.0. The Hall–Kier alpha value is -0.480. The second-order valence-corrected chi connectivity index (χ2v) is 4.97. The van der Waals surface area contributed by atoms with E-state index in [1.54, 1.807) is 7.11 Å². The predicted octanol–water partition coefficient (Wildman–Crippen LogP) is 3.04. The Morgan fingerprint density at radius 1 is 1.38 bits per heavy atom. The van der Waals surface area contributed by atoms with Crippen molar-refractivity contribution >= 4 is 11.8 Å². The molecule has 0 aliphatic heterocycles. The van der Waals surface area contributed by atoms with Crippen molar-refractivity contribution in [3.05, 3.63) is 11.4 Å². The highest BCUT2D eigenvalue weighted by Crippen LogP contribution is 2.21. The molecule has 1 aromatic rings. The Balaban J connectivity index is 2.69. The Morgan fingerprint density at radius 3 is 2.75 bits per heavy atom. The molecule has 0 aliphatic rings. The van der Waals surface area contributed by atoms with E-state index in [0.717, 1.165) is 29.8 Å². The van der Waals surface area contributed by atoms with Crippen molar-refractivity contribution in [1.82, 2.24) is 9.55 Å². The van der Waals surface area contributed by atoms with Gasteiger partial charge in [0.1, 0.15) is 0 Å². The molecule has 1 rings (SSSR count). The fraction of sp³-hybridized carbons (Fsp3) is 0.750. The van der Waals surface area contributed by atoms with Crippen molar-refractivity contribution in [3.8, 4) is 0 Å². The molecule has 0 spiro atoms. The Bertz CT molecular complexity index is 323. The summed E-state index contributed by atoms with van der Waals surface area (Å²) in [4.78, 5) is 4.61. The third-order valence-electron chi connectivity index (χ3n) is 2.67. The highest BCUT2D eigenvalue weighted by Gasteiger charge is 2.10. The number of methoxy groups -OCH3 is 1. The van der Waals surface area contributed by atoms with Gasteiger partial charge in [0.2, 0.25) is 0 Å². The van der Waals surface area contributed by atoms with Gasteiger partial charge in [0.05, 0.1) is 12.3 Å². The molecule has 0 aliphatic carbocycles. The number of hydrogen-bond donors (Lipinski definition) is 0. The SMILES string of the molecule is CCCCSc1nc(C)c(C)n1CCOC. The standard InChI is InChI=1S/C12H22N2OS/c1-5-6-9-16-12-13-10(2)11(3)14(12)7-8-15-4/h5-9H2,1-4H3. The number of imidazole rings is 1. The summed E-state index contributed by atoms with van der Waals surface area (Å²) in [5.74, 6) is 1.15. The zero-order valence-corrected chi connectivity index (χ0v) is 11.6. The van der Waals surface area contributed by atoms with Crippen LogP contribution in [0.3, 0.4) is 0 Å². The molecular formula is C12H22N2OS. The number of ether oxygens (including phenoxy) is 1. The highest BCUT2D eigenvalue weighted by molar-refractivity contribution is 7.99. The molecule has 0 aromatic carbocycles. The molecule has 4 heteroatoms. The van der Waals surface area contributed by atoms with Crippen LogP contribution < -0.4 is 0 Å². The molecule has 0 fully saturated rings. The molecule has 92 valence electrons. The van der Waals surface area contributed by atoms with Crippen LogP contribution in [0.15, 0.2) is 5.16 Å². The number of hydrogen-bond acceptors (Lipinski definition) is 3. The van der Waals surface area contributed by atoms with E-state index in [4.69, 9.17) is 4.74 Å². The van der Waals surface area contributed by atoms with Crippen LogP contribution in [0.4, 0.5) is 0 Å². The summed E-state index contributed by atoms with van der Waals surface area (Å²) >= 11 is 1.85. The Kier molecular flexibility index (Phi) is 5.91. The van der Waals surface area contributed by atoms with Gasteiger partial charge >= 0.3 is 0 Å². The van der Waals surface area contributed by atoms with E-state index in [0.29, 0.717) is 0 Å². The summed E-state index contributed by atoms with van der Waals surface area (Å²) in [6, 6.07) is 0. The van der Waals surface area contributed by atoms with Crippen LogP contribution in [0.2, 0.25) is 0 Å². The molecule has 1 aromatic heterocycles. The monoisotopic (exact) mass is 242 g/mol. The molecule has 3 nitrogen and oxygen atoms in total. The van der Waals surface area contributed by atoms with Gasteiger partial charge in [0.15, 0.2) is 5.16 Å². The first-order valence-corrected chi connectivity index (χ1v) is 6.84. The largest absolute Gasteiger partial charge is 0.383 e. The van der Waals surface area contributed by atoms with Gasteiger partial charge in [-0.2, -0.15) is 0 Å².